The van der Waals surface area contributed by atoms with E-state index in [1.54, 1.807) is 17.2 Å². The zero-order valence-electron chi connectivity index (χ0n) is 7.18. The number of hydrogen-bond acceptors (Lipinski definition) is 4. The molecule has 0 fully saturated rings. The third-order valence-corrected chi connectivity index (χ3v) is 1.69. The van der Waals surface area contributed by atoms with Gasteiger partial charge in [0.1, 0.15) is 12.7 Å². The Hall–Kier alpha value is -1.91. The molecule has 0 radical (unpaired) electrons. The topological polar surface area (TPSA) is 55.6 Å². The molecule has 2 aromatic rings. The van der Waals surface area contributed by atoms with Crippen LogP contribution in [0.3, 0.4) is 0 Å². The van der Waals surface area contributed by atoms with Crippen LogP contribution in [0.1, 0.15) is 0 Å². The van der Waals surface area contributed by atoms with Crippen LogP contribution in [0.15, 0.2) is 31.0 Å². The normalized spacial score (nSPS) is 9.92. The predicted octanol–water partition coefficient (Wildman–Crippen LogP) is 0.704. The standard InChI is InChI=1S/C8H9N5/c1-9-7-3-2-4-11-8(7)13-6-10-5-12-13/h2-6,9H,1H3. The first kappa shape index (κ1) is 7.72. The number of pyridine rings is 1. The van der Waals surface area contributed by atoms with Crippen molar-refractivity contribution in [2.24, 2.45) is 0 Å². The minimum Gasteiger partial charge on any atom is -0.385 e. The minimum atomic E-state index is 0.752. The maximum absolute atomic E-state index is 4.19. The van der Waals surface area contributed by atoms with Crippen molar-refractivity contribution in [3.05, 3.63) is 31.0 Å². The Balaban J connectivity index is 2.51. The van der Waals surface area contributed by atoms with E-state index in [0.29, 0.717) is 0 Å². The molecule has 0 unspecified atom stereocenters. The monoisotopic (exact) mass is 175 g/mol. The predicted molar refractivity (Wildman–Crippen MR) is 48.7 cm³/mol. The van der Waals surface area contributed by atoms with Crippen LogP contribution in [0.4, 0.5) is 5.69 Å². The van der Waals surface area contributed by atoms with Gasteiger partial charge in [0.2, 0.25) is 0 Å². The zero-order chi connectivity index (χ0) is 9.10. The molecule has 13 heavy (non-hydrogen) atoms. The molecule has 0 aliphatic carbocycles. The average molecular weight is 175 g/mol. The molecule has 2 aromatic heterocycles. The minimum absolute atomic E-state index is 0.752. The van der Waals surface area contributed by atoms with Crippen LogP contribution in [-0.4, -0.2) is 26.8 Å². The molecule has 2 rings (SSSR count). The summed E-state index contributed by atoms with van der Waals surface area (Å²) in [6.45, 7) is 0. The highest BCUT2D eigenvalue weighted by Gasteiger charge is 2.02. The second kappa shape index (κ2) is 3.22. The number of hydrogen-bond donors (Lipinski definition) is 1. The van der Waals surface area contributed by atoms with Crippen LogP contribution < -0.4 is 5.32 Å². The van der Waals surface area contributed by atoms with Gasteiger partial charge in [0.05, 0.1) is 5.69 Å². The lowest BCUT2D eigenvalue weighted by atomic mass is 10.4. The summed E-state index contributed by atoms with van der Waals surface area (Å²) in [5.41, 5.74) is 0.924. The van der Waals surface area contributed by atoms with Crippen molar-refractivity contribution in [3.63, 3.8) is 0 Å². The molecule has 0 spiro atoms. The fourth-order valence-corrected chi connectivity index (χ4v) is 1.09. The van der Waals surface area contributed by atoms with E-state index < -0.39 is 0 Å². The molecule has 2 heterocycles. The highest BCUT2D eigenvalue weighted by molar-refractivity contribution is 5.55. The maximum Gasteiger partial charge on any atom is 0.178 e. The smallest absolute Gasteiger partial charge is 0.178 e. The summed E-state index contributed by atoms with van der Waals surface area (Å²) in [6.07, 6.45) is 4.81. The van der Waals surface area contributed by atoms with Crippen molar-refractivity contribution in [2.45, 2.75) is 0 Å². The maximum atomic E-state index is 4.19. The van der Waals surface area contributed by atoms with Gasteiger partial charge < -0.3 is 5.32 Å². The van der Waals surface area contributed by atoms with E-state index in [1.165, 1.54) is 6.33 Å². The zero-order valence-corrected chi connectivity index (χ0v) is 7.18. The van der Waals surface area contributed by atoms with Crippen LogP contribution in [-0.2, 0) is 0 Å². The molecule has 0 bridgehead atoms. The lowest BCUT2D eigenvalue weighted by molar-refractivity contribution is 0.847. The summed E-state index contributed by atoms with van der Waals surface area (Å²) >= 11 is 0. The average Bonchev–Trinajstić information content (AvgIpc) is 2.70. The number of rotatable bonds is 2. The second-order valence-electron chi connectivity index (χ2n) is 2.46. The van der Waals surface area contributed by atoms with Gasteiger partial charge in [-0.2, -0.15) is 5.10 Å². The number of aromatic nitrogens is 4. The Morgan fingerprint density at radius 3 is 3.08 bits per heavy atom. The molecule has 0 saturated carbocycles. The highest BCUT2D eigenvalue weighted by Crippen LogP contribution is 2.13. The van der Waals surface area contributed by atoms with Crippen LogP contribution in [0, 0.1) is 0 Å². The first-order chi connectivity index (χ1) is 6.42. The third-order valence-electron chi connectivity index (χ3n) is 1.69. The van der Waals surface area contributed by atoms with Crippen molar-refractivity contribution < 1.29 is 0 Å². The van der Waals surface area contributed by atoms with E-state index in [4.69, 9.17) is 0 Å². The molecular formula is C8H9N5. The molecule has 0 aromatic carbocycles. The Labute approximate surface area is 75.4 Å². The van der Waals surface area contributed by atoms with E-state index >= 15 is 0 Å². The summed E-state index contributed by atoms with van der Waals surface area (Å²) in [6, 6.07) is 3.80. The van der Waals surface area contributed by atoms with E-state index in [1.807, 2.05) is 19.2 Å². The van der Waals surface area contributed by atoms with Gasteiger partial charge in [-0.25, -0.2) is 14.6 Å². The lowest BCUT2D eigenvalue weighted by Crippen LogP contribution is -2.02. The van der Waals surface area contributed by atoms with Crippen LogP contribution in [0.25, 0.3) is 5.82 Å². The summed E-state index contributed by atoms with van der Waals surface area (Å²) in [7, 11) is 1.84. The fraction of sp³-hybridized carbons (Fsp3) is 0.125. The second-order valence-corrected chi connectivity index (χ2v) is 2.46. The first-order valence-electron chi connectivity index (χ1n) is 3.89. The van der Waals surface area contributed by atoms with E-state index in [9.17, 15) is 0 Å². The fourth-order valence-electron chi connectivity index (χ4n) is 1.09. The first-order valence-corrected chi connectivity index (χ1v) is 3.89. The van der Waals surface area contributed by atoms with E-state index in [0.717, 1.165) is 11.5 Å². The van der Waals surface area contributed by atoms with Gasteiger partial charge in [-0.1, -0.05) is 0 Å². The Kier molecular flexibility index (Phi) is 1.91. The van der Waals surface area contributed by atoms with Crippen LogP contribution in [0.5, 0.6) is 0 Å². The van der Waals surface area contributed by atoms with Crippen molar-refractivity contribution in [2.75, 3.05) is 12.4 Å². The van der Waals surface area contributed by atoms with Crippen molar-refractivity contribution >= 4 is 5.69 Å². The molecule has 5 nitrogen and oxygen atoms in total. The van der Waals surface area contributed by atoms with Crippen LogP contribution >= 0.6 is 0 Å². The molecule has 0 atom stereocenters. The highest BCUT2D eigenvalue weighted by atomic mass is 15.3. The van der Waals surface area contributed by atoms with Gasteiger partial charge in [0.15, 0.2) is 5.82 Å². The van der Waals surface area contributed by atoms with Gasteiger partial charge in [-0.3, -0.25) is 0 Å². The quantitative estimate of drug-likeness (QED) is 0.730. The molecular weight excluding hydrogens is 166 g/mol. The van der Waals surface area contributed by atoms with E-state index in [-0.39, 0.29) is 0 Å². The molecule has 5 heteroatoms. The molecule has 0 aliphatic heterocycles. The Morgan fingerprint density at radius 1 is 1.46 bits per heavy atom. The van der Waals surface area contributed by atoms with E-state index in [2.05, 4.69) is 20.4 Å². The summed E-state index contributed by atoms with van der Waals surface area (Å²) in [4.78, 5) is 8.05. The van der Waals surface area contributed by atoms with Crippen molar-refractivity contribution in [1.29, 1.82) is 0 Å². The summed E-state index contributed by atoms with van der Waals surface area (Å²) in [5.74, 6) is 0.752. The molecule has 0 aliphatic rings. The molecule has 0 amide bonds. The molecule has 0 saturated heterocycles. The van der Waals surface area contributed by atoms with Gasteiger partial charge in [0, 0.05) is 13.2 Å². The third kappa shape index (κ3) is 1.35. The Bertz CT molecular complexity index is 381. The van der Waals surface area contributed by atoms with Gasteiger partial charge in [-0.15, -0.1) is 0 Å². The van der Waals surface area contributed by atoms with Crippen molar-refractivity contribution in [1.82, 2.24) is 19.7 Å². The Morgan fingerprint density at radius 2 is 2.38 bits per heavy atom. The largest absolute Gasteiger partial charge is 0.385 e. The number of nitrogens with one attached hydrogen (secondary N) is 1. The molecule has 1 N–H and O–H groups in total. The number of nitrogens with zero attached hydrogens (tertiary/aromatic N) is 4. The van der Waals surface area contributed by atoms with Gasteiger partial charge >= 0.3 is 0 Å². The van der Waals surface area contributed by atoms with Gasteiger partial charge in [-0.05, 0) is 12.1 Å². The van der Waals surface area contributed by atoms with Crippen LogP contribution in [0.2, 0.25) is 0 Å². The lowest BCUT2D eigenvalue weighted by Gasteiger charge is -2.05. The van der Waals surface area contributed by atoms with Crippen molar-refractivity contribution in [3.8, 4) is 5.82 Å². The van der Waals surface area contributed by atoms with Gasteiger partial charge in [0.25, 0.3) is 0 Å². The SMILES string of the molecule is CNc1cccnc1-n1cncn1. The number of anilines is 1. The summed E-state index contributed by atoms with van der Waals surface area (Å²) < 4.78 is 1.62. The molecule has 66 valence electrons. The summed E-state index contributed by atoms with van der Waals surface area (Å²) in [5, 5.41) is 7.03.